The summed E-state index contributed by atoms with van der Waals surface area (Å²) in [6.45, 7) is 1.31. The maximum atomic E-state index is 11.8. The number of carbonyl (C=O) groups is 1. The molecule has 1 fully saturated rings. The van der Waals surface area contributed by atoms with Crippen molar-refractivity contribution in [2.45, 2.75) is 18.9 Å². The van der Waals surface area contributed by atoms with Crippen LogP contribution in [0.4, 0.5) is 0 Å². The lowest BCUT2D eigenvalue weighted by Crippen LogP contribution is -2.35. The molecule has 23 heavy (non-hydrogen) atoms. The van der Waals surface area contributed by atoms with Crippen LogP contribution in [0.15, 0.2) is 30.6 Å². The van der Waals surface area contributed by atoms with Crippen molar-refractivity contribution in [3.63, 3.8) is 0 Å². The van der Waals surface area contributed by atoms with E-state index in [9.17, 15) is 4.79 Å². The average molecular weight is 314 g/mol. The van der Waals surface area contributed by atoms with E-state index in [1.54, 1.807) is 16.9 Å². The van der Waals surface area contributed by atoms with Gasteiger partial charge in [0.2, 0.25) is 0 Å². The van der Waals surface area contributed by atoms with E-state index in [2.05, 4.69) is 16.5 Å². The SMILES string of the molecule is Cn1cc(-c2c[c]cc(OCC(=O)NCC3CCCO3)c2)cn1. The molecule has 6 nitrogen and oxygen atoms in total. The monoisotopic (exact) mass is 314 g/mol. The van der Waals surface area contributed by atoms with Crippen LogP contribution in [0, 0.1) is 6.07 Å². The molecule has 0 spiro atoms. The summed E-state index contributed by atoms with van der Waals surface area (Å²) in [5.74, 6) is 0.464. The Balaban J connectivity index is 1.50. The molecule has 0 saturated carbocycles. The maximum absolute atomic E-state index is 11.8. The minimum atomic E-state index is -0.146. The van der Waals surface area contributed by atoms with E-state index in [1.807, 2.05) is 25.4 Å². The Bertz CT molecular complexity index is 663. The molecule has 1 atom stereocenters. The van der Waals surface area contributed by atoms with Crippen molar-refractivity contribution in [3.8, 4) is 16.9 Å². The van der Waals surface area contributed by atoms with Gasteiger partial charge in [0.05, 0.1) is 12.3 Å². The van der Waals surface area contributed by atoms with Crippen LogP contribution in [0.25, 0.3) is 11.1 Å². The topological polar surface area (TPSA) is 65.4 Å². The molecule has 1 saturated heterocycles. The number of hydrogen-bond acceptors (Lipinski definition) is 4. The van der Waals surface area contributed by atoms with E-state index in [4.69, 9.17) is 9.47 Å². The summed E-state index contributed by atoms with van der Waals surface area (Å²) in [5.41, 5.74) is 1.94. The van der Waals surface area contributed by atoms with Crippen LogP contribution in [0.2, 0.25) is 0 Å². The van der Waals surface area contributed by atoms with Gasteiger partial charge in [0, 0.05) is 32.0 Å². The van der Waals surface area contributed by atoms with Gasteiger partial charge in [-0.3, -0.25) is 9.48 Å². The first-order valence-electron chi connectivity index (χ1n) is 7.72. The number of rotatable bonds is 6. The standard InChI is InChI=1S/C17H20N3O3/c1-20-11-14(9-19-20)13-4-2-5-15(8-13)23-12-17(21)18-10-16-6-3-7-22-16/h4-5,8-9,11,16H,3,6-7,10,12H2,1H3,(H,18,21). The highest BCUT2D eigenvalue weighted by Crippen LogP contribution is 2.22. The molecule has 1 aliphatic heterocycles. The number of aromatic nitrogens is 2. The quantitative estimate of drug-likeness (QED) is 0.879. The van der Waals surface area contributed by atoms with Crippen LogP contribution >= 0.6 is 0 Å². The zero-order valence-corrected chi connectivity index (χ0v) is 13.1. The molecule has 1 N–H and O–H groups in total. The lowest BCUT2D eigenvalue weighted by atomic mass is 10.1. The normalized spacial score (nSPS) is 17.2. The van der Waals surface area contributed by atoms with Gasteiger partial charge in [-0.15, -0.1) is 0 Å². The first-order chi connectivity index (χ1) is 11.2. The van der Waals surface area contributed by atoms with Crippen molar-refractivity contribution >= 4 is 5.91 Å². The molecule has 6 heteroatoms. The van der Waals surface area contributed by atoms with Gasteiger partial charge >= 0.3 is 0 Å². The molecule has 0 aliphatic carbocycles. The summed E-state index contributed by atoms with van der Waals surface area (Å²) in [4.78, 5) is 11.8. The van der Waals surface area contributed by atoms with Crippen LogP contribution in [-0.2, 0) is 16.6 Å². The van der Waals surface area contributed by atoms with Crippen LogP contribution in [0.3, 0.4) is 0 Å². The third kappa shape index (κ3) is 4.32. The number of hydrogen-bond donors (Lipinski definition) is 1. The van der Waals surface area contributed by atoms with Gasteiger partial charge in [-0.1, -0.05) is 0 Å². The molecule has 1 radical (unpaired) electrons. The van der Waals surface area contributed by atoms with E-state index in [-0.39, 0.29) is 18.6 Å². The first kappa shape index (κ1) is 15.6. The summed E-state index contributed by atoms with van der Waals surface area (Å²) in [7, 11) is 1.87. The van der Waals surface area contributed by atoms with Crippen LogP contribution < -0.4 is 10.1 Å². The Kier molecular flexibility index (Phi) is 4.92. The summed E-state index contributed by atoms with van der Waals surface area (Å²) in [6.07, 6.45) is 5.90. The molecular formula is C17H20N3O3. The number of carbonyl (C=O) groups excluding carboxylic acids is 1. The molecule has 1 aromatic carbocycles. The summed E-state index contributed by atoms with van der Waals surface area (Å²) >= 11 is 0. The van der Waals surface area contributed by atoms with Crippen LogP contribution in [0.5, 0.6) is 5.75 Å². The molecule has 3 rings (SSSR count). The zero-order valence-electron chi connectivity index (χ0n) is 13.1. The number of nitrogens with one attached hydrogen (secondary N) is 1. The van der Waals surface area contributed by atoms with Crippen molar-refractivity contribution < 1.29 is 14.3 Å². The van der Waals surface area contributed by atoms with Gasteiger partial charge in [0.1, 0.15) is 5.75 Å². The van der Waals surface area contributed by atoms with E-state index < -0.39 is 0 Å². The Morgan fingerprint density at radius 2 is 2.43 bits per heavy atom. The van der Waals surface area contributed by atoms with Gasteiger partial charge in [-0.2, -0.15) is 5.10 Å². The van der Waals surface area contributed by atoms with E-state index in [1.165, 1.54) is 0 Å². The van der Waals surface area contributed by atoms with E-state index in [0.29, 0.717) is 12.3 Å². The van der Waals surface area contributed by atoms with Crippen molar-refractivity contribution in [1.29, 1.82) is 0 Å². The number of amides is 1. The molecule has 1 aliphatic rings. The molecule has 1 unspecified atom stereocenters. The molecule has 2 heterocycles. The highest BCUT2D eigenvalue weighted by atomic mass is 16.5. The van der Waals surface area contributed by atoms with Gasteiger partial charge < -0.3 is 14.8 Å². The molecule has 1 amide bonds. The van der Waals surface area contributed by atoms with Gasteiger partial charge in [0.15, 0.2) is 6.61 Å². The molecule has 121 valence electrons. The van der Waals surface area contributed by atoms with E-state index in [0.717, 1.165) is 30.6 Å². The van der Waals surface area contributed by atoms with Crippen molar-refractivity contribution in [3.05, 3.63) is 36.7 Å². The minimum absolute atomic E-state index is 0.0168. The second kappa shape index (κ2) is 7.28. The third-order valence-electron chi connectivity index (χ3n) is 3.72. The van der Waals surface area contributed by atoms with Gasteiger partial charge in [-0.25, -0.2) is 0 Å². The number of ether oxygens (including phenoxy) is 2. The summed E-state index contributed by atoms with van der Waals surface area (Å²) < 4.78 is 12.7. The number of nitrogens with zero attached hydrogens (tertiary/aromatic N) is 2. The second-order valence-corrected chi connectivity index (χ2v) is 5.59. The van der Waals surface area contributed by atoms with Crippen molar-refractivity contribution in [2.24, 2.45) is 7.05 Å². The van der Waals surface area contributed by atoms with Crippen molar-refractivity contribution in [1.82, 2.24) is 15.1 Å². The maximum Gasteiger partial charge on any atom is 0.258 e. The zero-order chi connectivity index (χ0) is 16.1. The first-order valence-corrected chi connectivity index (χ1v) is 7.72. The molecule has 0 bridgehead atoms. The fourth-order valence-electron chi connectivity index (χ4n) is 2.50. The highest BCUT2D eigenvalue weighted by Gasteiger charge is 2.16. The minimum Gasteiger partial charge on any atom is -0.484 e. The lowest BCUT2D eigenvalue weighted by molar-refractivity contribution is -0.123. The Hall–Kier alpha value is -2.34. The molecule has 2 aromatic rings. The highest BCUT2D eigenvalue weighted by molar-refractivity contribution is 5.77. The summed E-state index contributed by atoms with van der Waals surface area (Å²) in [5, 5.41) is 6.98. The Morgan fingerprint density at radius 1 is 1.52 bits per heavy atom. The number of benzene rings is 1. The number of aryl methyl sites for hydroxylation is 1. The summed E-state index contributed by atoms with van der Waals surface area (Å²) in [6, 6.07) is 8.48. The fourth-order valence-corrected chi connectivity index (χ4v) is 2.50. The van der Waals surface area contributed by atoms with Gasteiger partial charge in [0.25, 0.3) is 5.91 Å². The van der Waals surface area contributed by atoms with Crippen LogP contribution in [-0.4, -0.2) is 41.6 Å². The Labute approximate surface area is 135 Å². The van der Waals surface area contributed by atoms with E-state index >= 15 is 0 Å². The van der Waals surface area contributed by atoms with Crippen LogP contribution in [0.1, 0.15) is 12.8 Å². The predicted molar refractivity (Wildman–Crippen MR) is 85.0 cm³/mol. The van der Waals surface area contributed by atoms with Crippen molar-refractivity contribution in [2.75, 3.05) is 19.8 Å². The largest absolute Gasteiger partial charge is 0.484 e. The van der Waals surface area contributed by atoms with Gasteiger partial charge in [-0.05, 0) is 42.7 Å². The lowest BCUT2D eigenvalue weighted by Gasteiger charge is -2.11. The third-order valence-corrected chi connectivity index (χ3v) is 3.72. The molecule has 1 aromatic heterocycles. The smallest absolute Gasteiger partial charge is 0.258 e. The Morgan fingerprint density at radius 3 is 3.17 bits per heavy atom. The fraction of sp³-hybridized carbons (Fsp3) is 0.412. The second-order valence-electron chi connectivity index (χ2n) is 5.59. The molecular weight excluding hydrogens is 294 g/mol. The predicted octanol–water partition coefficient (Wildman–Crippen LogP) is 1.56. The average Bonchev–Trinajstić information content (AvgIpc) is 3.23.